The molecule has 1 aromatic rings. The summed E-state index contributed by atoms with van der Waals surface area (Å²) in [7, 11) is 1.71. The van der Waals surface area contributed by atoms with E-state index >= 15 is 0 Å². The van der Waals surface area contributed by atoms with E-state index in [1.165, 1.54) is 18.9 Å². The molecule has 0 unspecified atom stereocenters. The van der Waals surface area contributed by atoms with Crippen LogP contribution in [0.25, 0.3) is 0 Å². The maximum Gasteiger partial charge on any atom is 0.288 e. The average molecular weight is 299 g/mol. The zero-order chi connectivity index (χ0) is 14.8. The van der Waals surface area contributed by atoms with Gasteiger partial charge in [-0.2, -0.15) is 0 Å². The van der Waals surface area contributed by atoms with Gasteiger partial charge in [-0.25, -0.2) is 0 Å². The maximum atomic E-state index is 10.8. The molecule has 1 aliphatic carbocycles. The van der Waals surface area contributed by atoms with Gasteiger partial charge in [0.05, 0.1) is 4.92 Å². The second kappa shape index (κ2) is 5.97. The minimum Gasteiger partial charge on any atom is -0.385 e. The molecule has 1 N–H and O–H groups in total. The van der Waals surface area contributed by atoms with E-state index in [4.69, 9.17) is 16.3 Å². The molecule has 1 saturated carbocycles. The molecule has 1 fully saturated rings. The number of benzene rings is 1. The van der Waals surface area contributed by atoms with Crippen LogP contribution in [-0.2, 0) is 4.74 Å². The van der Waals surface area contributed by atoms with E-state index in [9.17, 15) is 10.1 Å². The molecule has 5 nitrogen and oxygen atoms in total. The van der Waals surface area contributed by atoms with Gasteiger partial charge >= 0.3 is 0 Å². The number of anilines is 1. The van der Waals surface area contributed by atoms with Gasteiger partial charge in [-0.3, -0.25) is 10.1 Å². The number of ether oxygens (including phenoxy) is 1. The Kier molecular flexibility index (Phi) is 4.50. The van der Waals surface area contributed by atoms with Crippen molar-refractivity contribution in [2.24, 2.45) is 5.41 Å². The second-order valence-corrected chi connectivity index (χ2v) is 5.88. The molecule has 0 amide bonds. The van der Waals surface area contributed by atoms with Gasteiger partial charge in [0, 0.05) is 32.0 Å². The van der Waals surface area contributed by atoms with Crippen molar-refractivity contribution in [3.05, 3.63) is 32.8 Å². The van der Waals surface area contributed by atoms with Gasteiger partial charge < -0.3 is 10.1 Å². The normalized spacial score (nSPS) is 15.9. The Labute approximate surface area is 123 Å². The number of nitrogens with one attached hydrogen (secondary N) is 1. The van der Waals surface area contributed by atoms with Crippen molar-refractivity contribution in [3.8, 4) is 0 Å². The molecule has 20 heavy (non-hydrogen) atoms. The fourth-order valence-electron chi connectivity index (χ4n) is 2.29. The topological polar surface area (TPSA) is 64.4 Å². The lowest BCUT2D eigenvalue weighted by atomic mass is 10.0. The number of hydrogen-bond donors (Lipinski definition) is 1. The summed E-state index contributed by atoms with van der Waals surface area (Å²) in [6.45, 7) is 3.47. The van der Waals surface area contributed by atoms with Crippen molar-refractivity contribution in [3.63, 3.8) is 0 Å². The smallest absolute Gasteiger partial charge is 0.288 e. The molecule has 1 aliphatic rings. The molecule has 0 heterocycles. The first-order valence-electron chi connectivity index (χ1n) is 6.65. The highest BCUT2D eigenvalue weighted by Crippen LogP contribution is 2.49. The van der Waals surface area contributed by atoms with Crippen LogP contribution in [0.5, 0.6) is 0 Å². The number of nitro benzene ring substituents is 1. The Morgan fingerprint density at radius 3 is 2.75 bits per heavy atom. The third-order valence-electron chi connectivity index (χ3n) is 3.94. The Balaban J connectivity index is 2.03. The van der Waals surface area contributed by atoms with E-state index in [1.807, 2.05) is 6.92 Å². The average Bonchev–Trinajstić information content (AvgIpc) is 3.17. The van der Waals surface area contributed by atoms with E-state index in [1.54, 1.807) is 13.2 Å². The molecule has 1 aromatic carbocycles. The minimum atomic E-state index is -0.458. The van der Waals surface area contributed by atoms with Gasteiger partial charge in [0.2, 0.25) is 0 Å². The maximum absolute atomic E-state index is 10.8. The van der Waals surface area contributed by atoms with E-state index in [0.717, 1.165) is 30.8 Å². The lowest BCUT2D eigenvalue weighted by Gasteiger charge is -2.17. The summed E-state index contributed by atoms with van der Waals surface area (Å²) in [6, 6.07) is 3.15. The fourth-order valence-corrected chi connectivity index (χ4v) is 2.52. The van der Waals surface area contributed by atoms with Gasteiger partial charge in [0.1, 0.15) is 5.02 Å². The fraction of sp³-hybridized carbons (Fsp3) is 0.571. The number of rotatable bonds is 7. The van der Waals surface area contributed by atoms with Crippen LogP contribution in [0.1, 0.15) is 24.8 Å². The molecular formula is C14H19ClN2O3. The molecule has 0 spiro atoms. The Hall–Kier alpha value is -1.33. The number of aryl methyl sites for hydroxylation is 1. The summed E-state index contributed by atoms with van der Waals surface area (Å²) in [5, 5.41) is 14.4. The van der Waals surface area contributed by atoms with Crippen LogP contribution in [-0.4, -0.2) is 25.2 Å². The largest absolute Gasteiger partial charge is 0.385 e. The number of hydrogen-bond acceptors (Lipinski definition) is 4. The molecular weight excluding hydrogens is 280 g/mol. The van der Waals surface area contributed by atoms with Gasteiger partial charge in [-0.15, -0.1) is 0 Å². The van der Waals surface area contributed by atoms with Crippen LogP contribution in [0, 0.1) is 22.5 Å². The Morgan fingerprint density at radius 2 is 2.20 bits per heavy atom. The Bertz CT molecular complexity index is 515. The highest BCUT2D eigenvalue weighted by molar-refractivity contribution is 6.33. The van der Waals surface area contributed by atoms with Crippen molar-refractivity contribution < 1.29 is 9.66 Å². The van der Waals surface area contributed by atoms with Crippen LogP contribution in [0.4, 0.5) is 11.4 Å². The van der Waals surface area contributed by atoms with E-state index < -0.39 is 4.92 Å². The van der Waals surface area contributed by atoms with Crippen LogP contribution in [0.15, 0.2) is 12.1 Å². The first kappa shape index (κ1) is 15.1. The van der Waals surface area contributed by atoms with E-state index in [2.05, 4.69) is 5.32 Å². The highest BCUT2D eigenvalue weighted by atomic mass is 35.5. The number of halogens is 1. The van der Waals surface area contributed by atoms with Crippen LogP contribution < -0.4 is 5.32 Å². The molecule has 2 rings (SSSR count). The molecule has 0 aliphatic heterocycles. The molecule has 0 radical (unpaired) electrons. The predicted molar refractivity (Wildman–Crippen MR) is 79.5 cm³/mol. The zero-order valence-corrected chi connectivity index (χ0v) is 12.5. The minimum absolute atomic E-state index is 0.0461. The van der Waals surface area contributed by atoms with Crippen molar-refractivity contribution in [2.75, 3.05) is 25.6 Å². The standard InChI is InChI=1S/C14H19ClN2O3/c1-10-7-13(17(18)19)11(15)8-12(10)16-9-14(3-4-14)5-6-20-2/h7-8,16H,3-6,9H2,1-2H3. The van der Waals surface area contributed by atoms with Gasteiger partial charge in [-0.1, -0.05) is 11.6 Å². The van der Waals surface area contributed by atoms with Crippen molar-refractivity contribution in [1.82, 2.24) is 0 Å². The van der Waals surface area contributed by atoms with Crippen LogP contribution in [0.2, 0.25) is 5.02 Å². The summed E-state index contributed by atoms with van der Waals surface area (Å²) in [4.78, 5) is 10.4. The third-order valence-corrected chi connectivity index (χ3v) is 4.24. The molecule has 110 valence electrons. The molecule has 0 aromatic heterocycles. The van der Waals surface area contributed by atoms with Crippen molar-refractivity contribution in [2.45, 2.75) is 26.2 Å². The summed E-state index contributed by atoms with van der Waals surface area (Å²) >= 11 is 5.94. The van der Waals surface area contributed by atoms with Crippen LogP contribution in [0.3, 0.4) is 0 Å². The highest BCUT2D eigenvalue weighted by Gasteiger charge is 2.41. The van der Waals surface area contributed by atoms with Crippen molar-refractivity contribution >= 4 is 23.0 Å². The summed E-state index contributed by atoms with van der Waals surface area (Å²) in [5.74, 6) is 0. The van der Waals surface area contributed by atoms with E-state index in [-0.39, 0.29) is 10.7 Å². The monoisotopic (exact) mass is 298 g/mol. The number of methoxy groups -OCH3 is 1. The summed E-state index contributed by atoms with van der Waals surface area (Å²) in [5.41, 5.74) is 1.97. The molecule has 0 saturated heterocycles. The number of nitro groups is 1. The van der Waals surface area contributed by atoms with Gasteiger partial charge in [0.25, 0.3) is 5.69 Å². The summed E-state index contributed by atoms with van der Waals surface area (Å²) in [6.07, 6.45) is 3.43. The number of nitrogens with zero attached hydrogens (tertiary/aromatic N) is 1. The Morgan fingerprint density at radius 1 is 1.50 bits per heavy atom. The van der Waals surface area contributed by atoms with Gasteiger partial charge in [0.15, 0.2) is 0 Å². The SMILES string of the molecule is COCCC1(CNc2cc(Cl)c([N+](=O)[O-])cc2C)CC1. The molecule has 0 bridgehead atoms. The first-order chi connectivity index (χ1) is 9.47. The van der Waals surface area contributed by atoms with Gasteiger partial charge in [-0.05, 0) is 43.2 Å². The second-order valence-electron chi connectivity index (χ2n) is 5.47. The lowest BCUT2D eigenvalue weighted by molar-refractivity contribution is -0.384. The quantitative estimate of drug-likeness (QED) is 0.614. The van der Waals surface area contributed by atoms with Crippen molar-refractivity contribution in [1.29, 1.82) is 0 Å². The zero-order valence-electron chi connectivity index (χ0n) is 11.7. The molecule has 6 heteroatoms. The predicted octanol–water partition coefficient (Wildman–Crippen LogP) is 3.79. The molecule has 0 atom stereocenters. The van der Waals surface area contributed by atoms with Crippen LogP contribution >= 0.6 is 11.6 Å². The third kappa shape index (κ3) is 3.41. The summed E-state index contributed by atoms with van der Waals surface area (Å²) < 4.78 is 5.13. The lowest BCUT2D eigenvalue weighted by Crippen LogP contribution is -2.17. The first-order valence-corrected chi connectivity index (χ1v) is 7.03. The van der Waals surface area contributed by atoms with E-state index in [0.29, 0.717) is 5.41 Å².